The molecule has 0 aliphatic rings. The highest BCUT2D eigenvalue weighted by molar-refractivity contribution is 7.92. The van der Waals surface area contributed by atoms with Crippen molar-refractivity contribution >= 4 is 27.5 Å². The Kier molecular flexibility index (Phi) is 12.4. The molecule has 1 atom stereocenters. The fraction of sp³-hybridized carbons (Fsp3) is 0.500. The number of rotatable bonds is 16. The van der Waals surface area contributed by atoms with Crippen LogP contribution in [0.4, 0.5) is 5.69 Å². The first-order valence-electron chi connectivity index (χ1n) is 13.0. The fourth-order valence-electron chi connectivity index (χ4n) is 4.13. The summed E-state index contributed by atoms with van der Waals surface area (Å²) < 4.78 is 32.2. The number of nitrogens with one attached hydrogen (secondary N) is 1. The van der Waals surface area contributed by atoms with Gasteiger partial charge in [-0.1, -0.05) is 62.7 Å². The van der Waals surface area contributed by atoms with Crippen LogP contribution < -0.4 is 14.4 Å². The predicted octanol–water partition coefficient (Wildman–Crippen LogP) is 4.36. The molecule has 8 nitrogen and oxygen atoms in total. The summed E-state index contributed by atoms with van der Waals surface area (Å²) in [5.74, 6) is 0.124. The van der Waals surface area contributed by atoms with Crippen molar-refractivity contribution in [2.45, 2.75) is 65.5 Å². The SMILES string of the molecule is CCCCNC(=O)[C@@H](CC)N(Cc1ccccc1)C(=O)CCCN(c1ccccc1OCC)S(C)(=O)=O. The molecule has 37 heavy (non-hydrogen) atoms. The van der Waals surface area contributed by atoms with E-state index in [2.05, 4.69) is 12.2 Å². The van der Waals surface area contributed by atoms with Gasteiger partial charge >= 0.3 is 0 Å². The molecule has 9 heteroatoms. The van der Waals surface area contributed by atoms with Crippen LogP contribution in [-0.2, 0) is 26.2 Å². The maximum absolute atomic E-state index is 13.5. The lowest BCUT2D eigenvalue weighted by molar-refractivity contribution is -0.141. The Hall–Kier alpha value is -3.07. The second-order valence-electron chi connectivity index (χ2n) is 8.92. The highest BCUT2D eigenvalue weighted by Gasteiger charge is 2.29. The zero-order valence-electron chi connectivity index (χ0n) is 22.5. The number of carbonyl (C=O) groups excluding carboxylic acids is 2. The Bertz CT molecular complexity index is 1090. The van der Waals surface area contributed by atoms with Crippen LogP contribution in [0.1, 0.15) is 58.4 Å². The van der Waals surface area contributed by atoms with E-state index in [4.69, 9.17) is 4.74 Å². The lowest BCUT2D eigenvalue weighted by Gasteiger charge is -2.31. The molecule has 2 aromatic carbocycles. The van der Waals surface area contributed by atoms with E-state index in [1.54, 1.807) is 29.2 Å². The van der Waals surface area contributed by atoms with Crippen LogP contribution in [-0.4, -0.2) is 57.1 Å². The van der Waals surface area contributed by atoms with Gasteiger partial charge in [0.05, 0.1) is 18.6 Å². The van der Waals surface area contributed by atoms with Gasteiger partial charge in [-0.05, 0) is 43.9 Å². The molecule has 0 aromatic heterocycles. The number of para-hydroxylation sites is 2. The maximum atomic E-state index is 13.5. The first-order valence-corrected chi connectivity index (χ1v) is 14.9. The van der Waals surface area contributed by atoms with Crippen LogP contribution in [0.15, 0.2) is 54.6 Å². The summed E-state index contributed by atoms with van der Waals surface area (Å²) in [6, 6.07) is 15.9. The van der Waals surface area contributed by atoms with Crippen molar-refractivity contribution in [1.82, 2.24) is 10.2 Å². The number of carbonyl (C=O) groups is 2. The summed E-state index contributed by atoms with van der Waals surface area (Å²) in [6.07, 6.45) is 3.87. The monoisotopic (exact) mass is 531 g/mol. The first-order chi connectivity index (χ1) is 17.7. The number of anilines is 1. The number of ether oxygens (including phenoxy) is 1. The van der Waals surface area contributed by atoms with Gasteiger partial charge in [-0.15, -0.1) is 0 Å². The minimum atomic E-state index is -3.61. The number of sulfonamides is 1. The Morgan fingerprint density at radius 3 is 2.27 bits per heavy atom. The molecular weight excluding hydrogens is 490 g/mol. The molecule has 0 aliphatic heterocycles. The average Bonchev–Trinajstić information content (AvgIpc) is 2.87. The summed E-state index contributed by atoms with van der Waals surface area (Å²) >= 11 is 0. The standard InChI is InChI=1S/C28H41N3O5S/c1-5-8-20-29-28(33)24(6-2)30(22-23-15-10-9-11-16-23)27(32)19-14-21-31(37(4,34)35)25-17-12-13-18-26(25)36-7-3/h9-13,15-18,24H,5-8,14,19-22H2,1-4H3,(H,29,33)/t24-/m1/s1. The van der Waals surface area contributed by atoms with Gasteiger partial charge in [0, 0.05) is 26.1 Å². The highest BCUT2D eigenvalue weighted by atomic mass is 32.2. The van der Waals surface area contributed by atoms with E-state index in [1.165, 1.54) is 4.31 Å². The van der Waals surface area contributed by atoms with Crippen LogP contribution in [0.3, 0.4) is 0 Å². The molecule has 2 aromatic rings. The largest absolute Gasteiger partial charge is 0.492 e. The molecule has 0 spiro atoms. The summed E-state index contributed by atoms with van der Waals surface area (Å²) in [5.41, 5.74) is 1.38. The summed E-state index contributed by atoms with van der Waals surface area (Å²) in [7, 11) is -3.61. The molecule has 2 amide bonds. The van der Waals surface area contributed by atoms with Crippen LogP contribution >= 0.6 is 0 Å². The average molecular weight is 532 g/mol. The Morgan fingerprint density at radius 2 is 1.65 bits per heavy atom. The smallest absolute Gasteiger partial charge is 0.242 e. The van der Waals surface area contributed by atoms with Gasteiger partial charge in [0.15, 0.2) is 0 Å². The minimum Gasteiger partial charge on any atom is -0.492 e. The Labute approximate surface area is 222 Å². The van der Waals surface area contributed by atoms with Gasteiger partial charge in [-0.2, -0.15) is 0 Å². The van der Waals surface area contributed by atoms with Crippen molar-refractivity contribution in [3.63, 3.8) is 0 Å². The van der Waals surface area contributed by atoms with Crippen molar-refractivity contribution in [1.29, 1.82) is 0 Å². The normalized spacial score (nSPS) is 12.0. The van der Waals surface area contributed by atoms with Gasteiger partial charge in [0.1, 0.15) is 11.8 Å². The first kappa shape index (κ1) is 30.2. The predicted molar refractivity (Wildman–Crippen MR) is 148 cm³/mol. The third-order valence-electron chi connectivity index (χ3n) is 6.00. The molecule has 0 saturated heterocycles. The van der Waals surface area contributed by atoms with Crippen LogP contribution in [0.25, 0.3) is 0 Å². The molecule has 0 bridgehead atoms. The van der Waals surface area contributed by atoms with Crippen molar-refractivity contribution in [3.05, 3.63) is 60.2 Å². The topological polar surface area (TPSA) is 96.0 Å². The molecule has 204 valence electrons. The van der Waals surface area contributed by atoms with Crippen LogP contribution in [0, 0.1) is 0 Å². The Balaban J connectivity index is 2.20. The van der Waals surface area contributed by atoms with Gasteiger partial charge in [0.2, 0.25) is 21.8 Å². The number of hydrogen-bond donors (Lipinski definition) is 1. The molecule has 1 N–H and O–H groups in total. The lowest BCUT2D eigenvalue weighted by atomic mass is 10.1. The van der Waals surface area contributed by atoms with Crippen LogP contribution in [0.2, 0.25) is 0 Å². The van der Waals surface area contributed by atoms with Crippen molar-refractivity contribution in [2.24, 2.45) is 0 Å². The second-order valence-corrected chi connectivity index (χ2v) is 10.8. The minimum absolute atomic E-state index is 0.106. The molecule has 0 unspecified atom stereocenters. The third kappa shape index (κ3) is 9.39. The van der Waals surface area contributed by atoms with Gasteiger partial charge in [-0.25, -0.2) is 8.42 Å². The van der Waals surface area contributed by atoms with Crippen molar-refractivity contribution < 1.29 is 22.7 Å². The second kappa shape index (κ2) is 15.2. The lowest BCUT2D eigenvalue weighted by Crippen LogP contribution is -2.49. The van der Waals surface area contributed by atoms with E-state index in [9.17, 15) is 18.0 Å². The zero-order chi connectivity index (χ0) is 27.3. The van der Waals surface area contributed by atoms with E-state index < -0.39 is 16.1 Å². The third-order valence-corrected chi connectivity index (χ3v) is 7.18. The highest BCUT2D eigenvalue weighted by Crippen LogP contribution is 2.30. The van der Waals surface area contributed by atoms with Crippen molar-refractivity contribution in [3.8, 4) is 5.75 Å². The number of unbranched alkanes of at least 4 members (excludes halogenated alkanes) is 1. The summed E-state index contributed by atoms with van der Waals surface area (Å²) in [6.45, 7) is 7.19. The van der Waals surface area contributed by atoms with Gasteiger partial charge in [0.25, 0.3) is 0 Å². The van der Waals surface area contributed by atoms with E-state index in [0.717, 1.165) is 24.7 Å². The summed E-state index contributed by atoms with van der Waals surface area (Å²) in [5, 5.41) is 2.96. The number of hydrogen-bond acceptors (Lipinski definition) is 5. The van der Waals surface area contributed by atoms with Gasteiger partial charge < -0.3 is 15.0 Å². The van der Waals surface area contributed by atoms with Crippen molar-refractivity contribution in [2.75, 3.05) is 30.3 Å². The van der Waals surface area contributed by atoms with E-state index >= 15 is 0 Å². The number of benzene rings is 2. The molecule has 0 heterocycles. The number of nitrogens with zero attached hydrogens (tertiary/aromatic N) is 2. The molecule has 0 saturated carbocycles. The quantitative estimate of drug-likeness (QED) is 0.325. The maximum Gasteiger partial charge on any atom is 0.242 e. The molecular formula is C28H41N3O5S. The van der Waals surface area contributed by atoms with E-state index in [-0.39, 0.29) is 24.8 Å². The molecule has 0 aliphatic carbocycles. The molecule has 2 rings (SSSR count). The molecule has 0 fully saturated rings. The van der Waals surface area contributed by atoms with E-state index in [0.29, 0.717) is 44.0 Å². The van der Waals surface area contributed by atoms with E-state index in [1.807, 2.05) is 44.2 Å². The van der Waals surface area contributed by atoms with Gasteiger partial charge in [-0.3, -0.25) is 13.9 Å². The molecule has 0 radical (unpaired) electrons. The fourth-order valence-corrected chi connectivity index (χ4v) is 5.10. The zero-order valence-corrected chi connectivity index (χ0v) is 23.3. The Morgan fingerprint density at radius 1 is 0.973 bits per heavy atom. The van der Waals surface area contributed by atoms with Crippen LogP contribution in [0.5, 0.6) is 5.75 Å². The number of amides is 2. The summed E-state index contributed by atoms with van der Waals surface area (Å²) in [4.78, 5) is 28.1.